The standard InChI is InChI=1S/C75H78BN3/c1-46-39-66-69-67(40-46)78(63-28-22-27-53-47(2)52-25-18-19-26-54(52)68(53)63)64-43-51(79-62-34-30-50(71(6,7)8)42-58(62)74(13)35-20-21-36-75(74,79)14)31-32-59(64)76(69)60-44-56-57(73(11,12)38-37-72(56,9)10)45-65(60)77(66)61-33-29-49(70(3,4)5)41-55(61)48-23-16-15-17-24-48/h15-19,22-34,39-45H,2,20-21,35-38H2,1,3-14H3. The Morgan fingerprint density at radius 1 is 0.456 bits per heavy atom. The molecule has 0 radical (unpaired) electrons. The van der Waals surface area contributed by atoms with E-state index in [1.165, 1.54) is 148 Å². The molecule has 0 saturated heterocycles. The molecule has 2 unspecified atom stereocenters. The third kappa shape index (κ3) is 7.10. The van der Waals surface area contributed by atoms with Gasteiger partial charge in [-0.2, -0.15) is 0 Å². The van der Waals surface area contributed by atoms with E-state index in [0.29, 0.717) is 0 Å². The van der Waals surface area contributed by atoms with Crippen molar-refractivity contribution in [1.82, 2.24) is 0 Å². The highest BCUT2D eigenvalue weighted by atomic mass is 15.3. The van der Waals surface area contributed by atoms with Crippen LogP contribution in [-0.2, 0) is 27.1 Å². The Hall–Kier alpha value is -7.04. The molecular formula is C75H78BN3. The first-order valence-corrected chi connectivity index (χ1v) is 29.7. The summed E-state index contributed by atoms with van der Waals surface area (Å²) in [6.45, 7) is 36.4. The molecule has 3 aliphatic heterocycles. The van der Waals surface area contributed by atoms with E-state index >= 15 is 0 Å². The van der Waals surface area contributed by atoms with Crippen molar-refractivity contribution in [1.29, 1.82) is 0 Å². The van der Waals surface area contributed by atoms with Crippen LogP contribution < -0.4 is 31.1 Å². The van der Waals surface area contributed by atoms with Gasteiger partial charge in [0.15, 0.2) is 0 Å². The lowest BCUT2D eigenvalue weighted by molar-refractivity contribution is 0.195. The predicted molar refractivity (Wildman–Crippen MR) is 340 cm³/mol. The van der Waals surface area contributed by atoms with Crippen LogP contribution in [0.25, 0.3) is 27.8 Å². The summed E-state index contributed by atoms with van der Waals surface area (Å²) in [4.78, 5) is 8.21. The van der Waals surface area contributed by atoms with Crippen molar-refractivity contribution in [3.8, 4) is 22.3 Å². The summed E-state index contributed by atoms with van der Waals surface area (Å²) in [5.41, 5.74) is 31.1. The van der Waals surface area contributed by atoms with Crippen molar-refractivity contribution < 1.29 is 0 Å². The molecule has 14 rings (SSSR count). The molecule has 4 heteroatoms. The summed E-state index contributed by atoms with van der Waals surface area (Å²) < 4.78 is 0. The minimum Gasteiger partial charge on any atom is -0.334 e. The number of aryl methyl sites for hydroxylation is 1. The van der Waals surface area contributed by atoms with Gasteiger partial charge in [-0.3, -0.25) is 0 Å². The molecule has 0 N–H and O–H groups in total. The lowest BCUT2D eigenvalue weighted by atomic mass is 9.33. The highest BCUT2D eigenvalue weighted by molar-refractivity contribution is 7.00. The third-order valence-corrected chi connectivity index (χ3v) is 20.7. The van der Waals surface area contributed by atoms with Gasteiger partial charge in [0.1, 0.15) is 0 Å². The maximum Gasteiger partial charge on any atom is 0.252 e. The van der Waals surface area contributed by atoms with Crippen LogP contribution in [0.2, 0.25) is 0 Å². The largest absolute Gasteiger partial charge is 0.334 e. The van der Waals surface area contributed by atoms with Crippen molar-refractivity contribution in [2.24, 2.45) is 0 Å². The first kappa shape index (κ1) is 50.2. The van der Waals surface area contributed by atoms with E-state index in [0.717, 1.165) is 24.8 Å². The molecule has 1 saturated carbocycles. The summed E-state index contributed by atoms with van der Waals surface area (Å²) in [5.74, 6) is 0. The Labute approximate surface area is 472 Å². The van der Waals surface area contributed by atoms with Crippen LogP contribution >= 0.6 is 0 Å². The zero-order chi connectivity index (χ0) is 55.1. The van der Waals surface area contributed by atoms with E-state index in [1.54, 1.807) is 0 Å². The molecular weight excluding hydrogens is 954 g/mol. The van der Waals surface area contributed by atoms with Gasteiger partial charge in [-0.1, -0.05) is 193 Å². The van der Waals surface area contributed by atoms with Crippen molar-refractivity contribution in [3.63, 3.8) is 0 Å². The average molecular weight is 1030 g/mol. The van der Waals surface area contributed by atoms with E-state index in [4.69, 9.17) is 6.58 Å². The lowest BCUT2D eigenvalue weighted by Gasteiger charge is -2.51. The second-order valence-corrected chi connectivity index (χ2v) is 28.5. The van der Waals surface area contributed by atoms with E-state index in [1.807, 2.05) is 0 Å². The number of hydrogen-bond donors (Lipinski definition) is 0. The highest BCUT2D eigenvalue weighted by Gasteiger charge is 2.58. The van der Waals surface area contributed by atoms with E-state index in [-0.39, 0.29) is 39.3 Å². The van der Waals surface area contributed by atoms with Gasteiger partial charge in [0, 0.05) is 50.7 Å². The summed E-state index contributed by atoms with van der Waals surface area (Å²) in [6.07, 6.45) is 7.11. The molecule has 0 aromatic heterocycles. The normalized spacial score (nSPS) is 20.9. The maximum absolute atomic E-state index is 4.78. The molecule has 3 aliphatic carbocycles. The van der Waals surface area contributed by atoms with Crippen LogP contribution in [0.5, 0.6) is 0 Å². The minimum atomic E-state index is -0.113. The Balaban J connectivity index is 1.10. The quantitative estimate of drug-likeness (QED) is 0.163. The number of hydrogen-bond acceptors (Lipinski definition) is 3. The molecule has 2 atom stereocenters. The molecule has 8 aromatic rings. The van der Waals surface area contributed by atoms with Gasteiger partial charge in [0.2, 0.25) is 0 Å². The van der Waals surface area contributed by atoms with Crippen LogP contribution in [0.3, 0.4) is 0 Å². The second kappa shape index (κ2) is 16.8. The lowest BCUT2D eigenvalue weighted by Crippen LogP contribution is -2.62. The predicted octanol–water partition coefficient (Wildman–Crippen LogP) is 18.5. The number of anilines is 8. The van der Waals surface area contributed by atoms with Gasteiger partial charge in [0.25, 0.3) is 6.71 Å². The van der Waals surface area contributed by atoms with Crippen LogP contribution in [0.15, 0.2) is 158 Å². The summed E-state index contributed by atoms with van der Waals surface area (Å²) in [6, 6.07) is 60.0. The number of nitrogens with zero attached hydrogens (tertiary/aromatic N) is 3. The molecule has 79 heavy (non-hydrogen) atoms. The first-order valence-electron chi connectivity index (χ1n) is 29.7. The van der Waals surface area contributed by atoms with Gasteiger partial charge < -0.3 is 14.7 Å². The van der Waals surface area contributed by atoms with Crippen molar-refractivity contribution in [2.75, 3.05) is 14.7 Å². The van der Waals surface area contributed by atoms with Gasteiger partial charge in [-0.15, -0.1) is 0 Å². The zero-order valence-corrected chi connectivity index (χ0v) is 49.3. The summed E-state index contributed by atoms with van der Waals surface area (Å²) in [7, 11) is 0. The van der Waals surface area contributed by atoms with Gasteiger partial charge in [-0.25, -0.2) is 0 Å². The third-order valence-electron chi connectivity index (χ3n) is 20.7. The van der Waals surface area contributed by atoms with E-state index in [9.17, 15) is 0 Å². The fourth-order valence-corrected chi connectivity index (χ4v) is 15.9. The molecule has 3 nitrogen and oxygen atoms in total. The van der Waals surface area contributed by atoms with Gasteiger partial charge in [-0.05, 0) is 193 Å². The Morgan fingerprint density at radius 2 is 1.05 bits per heavy atom. The van der Waals surface area contributed by atoms with Crippen LogP contribution in [0.1, 0.15) is 166 Å². The molecule has 0 spiro atoms. The summed E-state index contributed by atoms with van der Waals surface area (Å²) in [5, 5.41) is 0. The molecule has 6 aliphatic rings. The van der Waals surface area contributed by atoms with Crippen LogP contribution in [0.4, 0.5) is 45.5 Å². The van der Waals surface area contributed by atoms with Gasteiger partial charge in [0.05, 0.1) is 16.9 Å². The van der Waals surface area contributed by atoms with E-state index < -0.39 is 0 Å². The molecule has 0 amide bonds. The smallest absolute Gasteiger partial charge is 0.252 e. The monoisotopic (exact) mass is 1030 g/mol. The average Bonchev–Trinajstić information content (AvgIpc) is 4.10. The minimum absolute atomic E-state index is 0.00447. The van der Waals surface area contributed by atoms with E-state index in [2.05, 4.69) is 256 Å². The van der Waals surface area contributed by atoms with Gasteiger partial charge >= 0.3 is 0 Å². The number of rotatable bonds is 4. The van der Waals surface area contributed by atoms with Crippen molar-refractivity contribution in [2.45, 2.75) is 161 Å². The molecule has 0 bridgehead atoms. The highest BCUT2D eigenvalue weighted by Crippen LogP contribution is 2.62. The molecule has 8 aromatic carbocycles. The summed E-state index contributed by atoms with van der Waals surface area (Å²) >= 11 is 0. The number of fused-ring (bicyclic) bond motifs is 11. The SMILES string of the molecule is C=C1c2ccccc2-c2c1cccc2N1c2cc(N3c4ccc(C(C)(C)C)cc4C4(C)CCCCC34C)ccc2B2c3cc4c(cc3N(c3ccc(C(C)(C)C)cc3-c3ccccc3)c3cc(C)cc1c32)C(C)(C)CCC4(C)C. The number of benzene rings is 8. The Morgan fingerprint density at radius 3 is 1.75 bits per heavy atom. The molecule has 1 fully saturated rings. The Bertz CT molecular complexity index is 3920. The molecule has 3 heterocycles. The van der Waals surface area contributed by atoms with Crippen LogP contribution in [0, 0.1) is 6.92 Å². The van der Waals surface area contributed by atoms with Crippen molar-refractivity contribution >= 4 is 74.2 Å². The maximum atomic E-state index is 4.78. The fourth-order valence-electron chi connectivity index (χ4n) is 15.9. The first-order chi connectivity index (χ1) is 37.5. The molecule has 396 valence electrons. The van der Waals surface area contributed by atoms with Crippen molar-refractivity contribution in [3.05, 3.63) is 203 Å². The van der Waals surface area contributed by atoms with Crippen LogP contribution in [-0.4, -0.2) is 12.3 Å². The fraction of sp³-hybridized carbons (Fsp3) is 0.333. The second-order valence-electron chi connectivity index (χ2n) is 28.5. The Kier molecular flexibility index (Phi) is 10.7. The topological polar surface area (TPSA) is 9.72 Å². The zero-order valence-electron chi connectivity index (χ0n) is 49.3.